The fourth-order valence-electron chi connectivity index (χ4n) is 1.56. The van der Waals surface area contributed by atoms with Crippen molar-refractivity contribution in [1.82, 2.24) is 10.0 Å². The van der Waals surface area contributed by atoms with Gasteiger partial charge in [0, 0.05) is 39.2 Å². The number of amides is 1. The van der Waals surface area contributed by atoms with Gasteiger partial charge in [0.15, 0.2) is 0 Å². The summed E-state index contributed by atoms with van der Waals surface area (Å²) in [6, 6.07) is 3.51. The number of sulfonamides is 1. The van der Waals surface area contributed by atoms with Crippen molar-refractivity contribution in [3.05, 3.63) is 28.3 Å². The standard InChI is InChI=1S/C11H16N4O5S/c1-8(16)13-5-6-14-21(19,20)11-7-9(15(17)18)3-4-10(11)12-2/h3-4,7,12,14H,5-6H2,1-2H3,(H,13,16). The average Bonchev–Trinajstić information content (AvgIpc) is 2.42. The largest absolute Gasteiger partial charge is 0.387 e. The monoisotopic (exact) mass is 316 g/mol. The van der Waals surface area contributed by atoms with E-state index in [1.54, 1.807) is 0 Å². The van der Waals surface area contributed by atoms with Crippen molar-refractivity contribution in [2.75, 3.05) is 25.5 Å². The minimum absolute atomic E-state index is 0.0201. The van der Waals surface area contributed by atoms with Crippen LogP contribution in [-0.2, 0) is 14.8 Å². The molecule has 1 aromatic rings. The summed E-state index contributed by atoms with van der Waals surface area (Å²) in [5, 5.41) is 15.8. The molecule has 3 N–H and O–H groups in total. The van der Waals surface area contributed by atoms with Crippen LogP contribution in [0, 0.1) is 10.1 Å². The topological polar surface area (TPSA) is 130 Å². The maximum atomic E-state index is 12.1. The number of hydrogen-bond acceptors (Lipinski definition) is 6. The number of non-ortho nitro benzene ring substituents is 1. The molecule has 0 saturated carbocycles. The van der Waals surface area contributed by atoms with Crippen molar-refractivity contribution in [3.8, 4) is 0 Å². The van der Waals surface area contributed by atoms with Gasteiger partial charge in [-0.3, -0.25) is 14.9 Å². The summed E-state index contributed by atoms with van der Waals surface area (Å²) < 4.78 is 26.6. The summed E-state index contributed by atoms with van der Waals surface area (Å²) in [6.45, 7) is 1.42. The van der Waals surface area contributed by atoms with Crippen LogP contribution in [0.4, 0.5) is 11.4 Å². The third-order valence-corrected chi connectivity index (χ3v) is 4.03. The minimum Gasteiger partial charge on any atom is -0.387 e. The van der Waals surface area contributed by atoms with Gasteiger partial charge in [0.2, 0.25) is 15.9 Å². The molecule has 0 bridgehead atoms. The van der Waals surface area contributed by atoms with Crippen LogP contribution in [-0.4, -0.2) is 39.4 Å². The summed E-state index contributed by atoms with van der Waals surface area (Å²) in [7, 11) is -2.41. The molecule has 1 aromatic carbocycles. The maximum Gasteiger partial charge on any atom is 0.270 e. The number of nitrogens with zero attached hydrogens (tertiary/aromatic N) is 1. The number of benzene rings is 1. The lowest BCUT2D eigenvalue weighted by Crippen LogP contribution is -2.33. The van der Waals surface area contributed by atoms with E-state index in [1.807, 2.05) is 0 Å². The highest BCUT2D eigenvalue weighted by Gasteiger charge is 2.21. The quantitative estimate of drug-likeness (QED) is 0.370. The molecule has 0 radical (unpaired) electrons. The summed E-state index contributed by atoms with van der Waals surface area (Å²) in [5.74, 6) is -0.277. The lowest BCUT2D eigenvalue weighted by atomic mass is 10.3. The zero-order chi connectivity index (χ0) is 16.0. The Morgan fingerprint density at radius 2 is 2.00 bits per heavy atom. The molecular formula is C11H16N4O5S. The van der Waals surface area contributed by atoms with Crippen LogP contribution in [0.3, 0.4) is 0 Å². The Bertz CT molecular complexity index is 644. The Labute approximate surface area is 121 Å². The summed E-state index contributed by atoms with van der Waals surface area (Å²) >= 11 is 0. The SMILES string of the molecule is CNc1ccc([N+](=O)[O-])cc1S(=O)(=O)NCCNC(C)=O. The van der Waals surface area contributed by atoms with Crippen LogP contribution in [0.2, 0.25) is 0 Å². The normalized spacial score (nSPS) is 11.0. The highest BCUT2D eigenvalue weighted by Crippen LogP contribution is 2.25. The van der Waals surface area contributed by atoms with Crippen molar-refractivity contribution in [2.45, 2.75) is 11.8 Å². The molecule has 0 saturated heterocycles. The fraction of sp³-hybridized carbons (Fsp3) is 0.364. The zero-order valence-corrected chi connectivity index (χ0v) is 12.4. The summed E-state index contributed by atoms with van der Waals surface area (Å²) in [5.41, 5.74) is -0.0798. The molecule has 0 unspecified atom stereocenters. The Hall–Kier alpha value is -2.20. The first kappa shape index (κ1) is 16.9. The second-order valence-electron chi connectivity index (χ2n) is 4.07. The molecule has 116 valence electrons. The summed E-state index contributed by atoms with van der Waals surface area (Å²) in [6.07, 6.45) is 0. The predicted molar refractivity (Wildman–Crippen MR) is 76.5 cm³/mol. The predicted octanol–water partition coefficient (Wildman–Crippen LogP) is 0.0509. The fourth-order valence-corrected chi connectivity index (χ4v) is 2.82. The minimum atomic E-state index is -3.93. The van der Waals surface area contributed by atoms with Crippen LogP contribution < -0.4 is 15.4 Å². The van der Waals surface area contributed by atoms with E-state index in [-0.39, 0.29) is 35.3 Å². The van der Waals surface area contributed by atoms with E-state index in [2.05, 4.69) is 15.4 Å². The van der Waals surface area contributed by atoms with Gasteiger partial charge in [-0.2, -0.15) is 0 Å². The average molecular weight is 316 g/mol. The zero-order valence-electron chi connectivity index (χ0n) is 11.5. The van der Waals surface area contributed by atoms with E-state index in [0.717, 1.165) is 6.07 Å². The Balaban J connectivity index is 2.97. The van der Waals surface area contributed by atoms with E-state index in [0.29, 0.717) is 0 Å². The molecule has 0 atom stereocenters. The molecule has 0 aliphatic rings. The molecule has 9 nitrogen and oxygen atoms in total. The number of anilines is 1. The van der Waals surface area contributed by atoms with Crippen LogP contribution >= 0.6 is 0 Å². The van der Waals surface area contributed by atoms with Gasteiger partial charge in [0.25, 0.3) is 5.69 Å². The van der Waals surface area contributed by atoms with Crippen molar-refractivity contribution in [3.63, 3.8) is 0 Å². The third-order valence-electron chi connectivity index (χ3n) is 2.53. The number of carbonyl (C=O) groups excluding carboxylic acids is 1. The van der Waals surface area contributed by atoms with E-state index < -0.39 is 14.9 Å². The number of carbonyl (C=O) groups is 1. The van der Waals surface area contributed by atoms with Crippen molar-refractivity contribution in [2.24, 2.45) is 0 Å². The highest BCUT2D eigenvalue weighted by molar-refractivity contribution is 7.89. The first-order chi connectivity index (χ1) is 9.77. The van der Waals surface area contributed by atoms with Crippen LogP contribution in [0.15, 0.2) is 23.1 Å². The van der Waals surface area contributed by atoms with E-state index in [1.165, 1.54) is 26.1 Å². The summed E-state index contributed by atoms with van der Waals surface area (Å²) in [4.78, 5) is 20.5. The molecule has 0 aromatic heterocycles. The first-order valence-corrected chi connectivity index (χ1v) is 7.46. The molecule has 0 aliphatic carbocycles. The van der Waals surface area contributed by atoms with Gasteiger partial charge in [0.05, 0.1) is 10.6 Å². The van der Waals surface area contributed by atoms with Gasteiger partial charge < -0.3 is 10.6 Å². The van der Waals surface area contributed by atoms with Gasteiger partial charge >= 0.3 is 0 Å². The maximum absolute atomic E-state index is 12.1. The Kier molecular flexibility index (Phi) is 5.61. The lowest BCUT2D eigenvalue weighted by molar-refractivity contribution is -0.385. The smallest absolute Gasteiger partial charge is 0.270 e. The van der Waals surface area contributed by atoms with E-state index in [4.69, 9.17) is 0 Å². The second kappa shape index (κ2) is 6.99. The van der Waals surface area contributed by atoms with Gasteiger partial charge in [0.1, 0.15) is 4.90 Å². The van der Waals surface area contributed by atoms with Gasteiger partial charge in [-0.15, -0.1) is 0 Å². The Morgan fingerprint density at radius 3 is 2.52 bits per heavy atom. The van der Waals surface area contributed by atoms with E-state index >= 15 is 0 Å². The number of nitro benzene ring substituents is 1. The van der Waals surface area contributed by atoms with Crippen LogP contribution in [0.5, 0.6) is 0 Å². The number of nitrogens with one attached hydrogen (secondary N) is 3. The van der Waals surface area contributed by atoms with Crippen molar-refractivity contribution in [1.29, 1.82) is 0 Å². The third kappa shape index (κ3) is 4.68. The number of hydrogen-bond donors (Lipinski definition) is 3. The molecule has 0 spiro atoms. The number of rotatable bonds is 7. The second-order valence-corrected chi connectivity index (χ2v) is 5.80. The molecule has 1 amide bonds. The highest BCUT2D eigenvalue weighted by atomic mass is 32.2. The molecule has 10 heteroatoms. The molecule has 21 heavy (non-hydrogen) atoms. The van der Waals surface area contributed by atoms with Gasteiger partial charge in [-0.25, -0.2) is 13.1 Å². The number of nitro groups is 1. The lowest BCUT2D eigenvalue weighted by Gasteiger charge is -2.11. The van der Waals surface area contributed by atoms with Gasteiger partial charge in [-0.05, 0) is 6.07 Å². The van der Waals surface area contributed by atoms with E-state index in [9.17, 15) is 23.3 Å². The molecule has 0 fully saturated rings. The van der Waals surface area contributed by atoms with Crippen LogP contribution in [0.1, 0.15) is 6.92 Å². The molecule has 0 heterocycles. The molecule has 0 aliphatic heterocycles. The molecular weight excluding hydrogens is 300 g/mol. The van der Waals surface area contributed by atoms with Crippen molar-refractivity contribution < 1.29 is 18.1 Å². The van der Waals surface area contributed by atoms with Crippen LogP contribution in [0.25, 0.3) is 0 Å². The van der Waals surface area contributed by atoms with Crippen molar-refractivity contribution >= 4 is 27.3 Å². The molecule has 1 rings (SSSR count). The van der Waals surface area contributed by atoms with Gasteiger partial charge in [-0.1, -0.05) is 0 Å². The Morgan fingerprint density at radius 1 is 1.33 bits per heavy atom. The first-order valence-electron chi connectivity index (χ1n) is 5.98.